The first-order chi connectivity index (χ1) is 19.8. The molecule has 0 bridgehead atoms. The highest BCUT2D eigenvalue weighted by atomic mass is 16.5. The van der Waals surface area contributed by atoms with Crippen molar-refractivity contribution in [3.63, 3.8) is 0 Å². The van der Waals surface area contributed by atoms with Crippen molar-refractivity contribution < 1.29 is 14.3 Å². The summed E-state index contributed by atoms with van der Waals surface area (Å²) in [6.45, 7) is 16.7. The van der Waals surface area contributed by atoms with Crippen molar-refractivity contribution in [2.45, 2.75) is 61.3 Å². The highest BCUT2D eigenvalue weighted by molar-refractivity contribution is 6.07. The molecule has 3 N–H and O–H groups in total. The Morgan fingerprint density at radius 1 is 0.952 bits per heavy atom. The molecule has 0 fully saturated rings. The number of ketones is 1. The maximum absolute atomic E-state index is 12.8. The van der Waals surface area contributed by atoms with E-state index in [1.54, 1.807) is 6.20 Å². The quantitative estimate of drug-likeness (QED) is 0.141. The first-order valence-electron chi connectivity index (χ1n) is 14.9. The molecule has 0 aliphatic heterocycles. The molecule has 0 saturated heterocycles. The number of hydrogen-bond donors (Lipinski definition) is 3. The maximum atomic E-state index is 12.8. The Hall–Kier alpha value is -3.71. The monoisotopic (exact) mass is 570 g/mol. The Morgan fingerprint density at radius 3 is 2.43 bits per heavy atom. The summed E-state index contributed by atoms with van der Waals surface area (Å²) in [4.78, 5) is 33.1. The number of rotatable bonds is 14. The molecule has 7 nitrogen and oxygen atoms in total. The van der Waals surface area contributed by atoms with Crippen molar-refractivity contribution in [3.05, 3.63) is 71.5 Å². The van der Waals surface area contributed by atoms with E-state index < -0.39 is 0 Å². The van der Waals surface area contributed by atoms with Crippen molar-refractivity contribution in [1.82, 2.24) is 15.3 Å². The van der Waals surface area contributed by atoms with Gasteiger partial charge in [-0.25, -0.2) is 0 Å². The number of pyridine rings is 1. The molecule has 0 unspecified atom stereocenters. The molecule has 4 rings (SSSR count). The Morgan fingerprint density at radius 2 is 1.69 bits per heavy atom. The summed E-state index contributed by atoms with van der Waals surface area (Å²) in [6, 6.07) is 14.2. The lowest BCUT2D eigenvalue weighted by Gasteiger charge is -2.30. The van der Waals surface area contributed by atoms with Crippen LogP contribution < -0.4 is 10.6 Å². The number of carbonyl (C=O) groups excluding carboxylic acids is 2. The van der Waals surface area contributed by atoms with Crippen LogP contribution in [0.25, 0.3) is 21.8 Å². The summed E-state index contributed by atoms with van der Waals surface area (Å²) in [5.74, 6) is 0.137. The van der Waals surface area contributed by atoms with Crippen molar-refractivity contribution in [2.75, 3.05) is 31.6 Å². The van der Waals surface area contributed by atoms with Gasteiger partial charge in [-0.2, -0.15) is 0 Å². The molecule has 2 heterocycles. The SMILES string of the molecule is Cc1cccc(NCC(C)(C)COCC(C)(C)CNC(=O)CCc2ccc3c(c2)[nH]c2ccncc23)c1C(=O)C(C)C. The number of aryl methyl sites for hydroxylation is 2. The molecule has 2 aromatic heterocycles. The Kier molecular flexibility index (Phi) is 9.72. The standard InChI is InChI=1S/C35H46N4O3/c1-23(2)33(41)32-24(3)9-8-10-29(32)37-19-34(4,5)21-42-22-35(6,7)20-38-31(40)14-12-25-11-13-26-27-18-36-16-15-28(27)39-30(26)17-25/h8-11,13,15-18,23,37,39H,12,14,19-22H2,1-7H3,(H,38,40). The molecular formula is C35H46N4O3. The van der Waals surface area contributed by atoms with Crippen LogP contribution in [0.1, 0.15) is 69.4 Å². The van der Waals surface area contributed by atoms with E-state index in [9.17, 15) is 9.59 Å². The summed E-state index contributed by atoms with van der Waals surface area (Å²) < 4.78 is 6.15. The second-order valence-electron chi connectivity index (χ2n) is 13.4. The number of Topliss-reactive ketones (excluding diaryl/α,β-unsaturated/α-hetero) is 1. The van der Waals surface area contributed by atoms with Crippen LogP contribution in [0.5, 0.6) is 0 Å². The van der Waals surface area contributed by atoms with E-state index in [1.807, 2.05) is 51.2 Å². The summed E-state index contributed by atoms with van der Waals surface area (Å²) in [5.41, 5.74) is 5.55. The number of hydrogen-bond acceptors (Lipinski definition) is 5. The third-order valence-electron chi connectivity index (χ3n) is 7.66. The van der Waals surface area contributed by atoms with Gasteiger partial charge >= 0.3 is 0 Å². The largest absolute Gasteiger partial charge is 0.384 e. The molecule has 4 aromatic rings. The normalized spacial score (nSPS) is 12.3. The number of nitrogens with one attached hydrogen (secondary N) is 3. The van der Waals surface area contributed by atoms with Gasteiger partial charge < -0.3 is 20.4 Å². The summed E-state index contributed by atoms with van der Waals surface area (Å²) in [5, 5.41) is 8.85. The minimum atomic E-state index is -0.204. The second kappa shape index (κ2) is 13.1. The predicted octanol–water partition coefficient (Wildman–Crippen LogP) is 7.09. The molecule has 0 spiro atoms. The highest BCUT2D eigenvalue weighted by Crippen LogP contribution is 2.27. The molecule has 0 atom stereocenters. The van der Waals surface area contributed by atoms with E-state index in [0.29, 0.717) is 39.1 Å². The van der Waals surface area contributed by atoms with Crippen LogP contribution in [-0.2, 0) is 16.0 Å². The van der Waals surface area contributed by atoms with Gasteiger partial charge in [-0.1, -0.05) is 65.8 Å². The molecule has 2 aromatic carbocycles. The van der Waals surface area contributed by atoms with Gasteiger partial charge in [0.1, 0.15) is 0 Å². The van der Waals surface area contributed by atoms with E-state index in [4.69, 9.17) is 4.74 Å². The minimum Gasteiger partial charge on any atom is -0.384 e. The van der Waals surface area contributed by atoms with Gasteiger partial charge in [0.15, 0.2) is 5.78 Å². The number of aromatic nitrogens is 2. The third-order valence-corrected chi connectivity index (χ3v) is 7.66. The maximum Gasteiger partial charge on any atom is 0.220 e. The van der Waals surface area contributed by atoms with Gasteiger partial charge in [-0.05, 0) is 42.7 Å². The van der Waals surface area contributed by atoms with Gasteiger partial charge in [0.25, 0.3) is 0 Å². The fourth-order valence-electron chi connectivity index (χ4n) is 5.10. The zero-order valence-electron chi connectivity index (χ0n) is 26.2. The first kappa shape index (κ1) is 31.2. The number of anilines is 1. The first-order valence-corrected chi connectivity index (χ1v) is 14.9. The van der Waals surface area contributed by atoms with Crippen LogP contribution in [0.2, 0.25) is 0 Å². The lowest BCUT2D eigenvalue weighted by atomic mass is 9.92. The number of ether oxygens (including phenoxy) is 1. The molecule has 7 heteroatoms. The average Bonchev–Trinajstić information content (AvgIpc) is 3.31. The van der Waals surface area contributed by atoms with Crippen LogP contribution in [0.4, 0.5) is 5.69 Å². The van der Waals surface area contributed by atoms with Crippen molar-refractivity contribution in [3.8, 4) is 0 Å². The number of carbonyl (C=O) groups is 2. The lowest BCUT2D eigenvalue weighted by Crippen LogP contribution is -2.38. The Balaban J connectivity index is 1.21. The van der Waals surface area contributed by atoms with Crippen molar-refractivity contribution >= 4 is 39.2 Å². The van der Waals surface area contributed by atoms with Crippen molar-refractivity contribution in [1.29, 1.82) is 0 Å². The molecule has 42 heavy (non-hydrogen) atoms. The number of fused-ring (bicyclic) bond motifs is 3. The highest BCUT2D eigenvalue weighted by Gasteiger charge is 2.24. The minimum absolute atomic E-state index is 0.0402. The Labute approximate surface area is 249 Å². The third kappa shape index (κ3) is 7.97. The molecular weight excluding hydrogens is 524 g/mol. The summed E-state index contributed by atoms with van der Waals surface area (Å²) in [6.07, 6.45) is 4.78. The van der Waals surface area contributed by atoms with E-state index in [1.165, 1.54) is 0 Å². The number of aromatic amines is 1. The molecule has 224 valence electrons. The van der Waals surface area contributed by atoms with Gasteiger partial charge in [0.05, 0.1) is 13.2 Å². The smallest absolute Gasteiger partial charge is 0.220 e. The van der Waals surface area contributed by atoms with Gasteiger partial charge in [-0.3, -0.25) is 14.6 Å². The number of amides is 1. The molecule has 0 aliphatic carbocycles. The number of benzene rings is 2. The molecule has 0 radical (unpaired) electrons. The molecule has 0 aliphatic rings. The topological polar surface area (TPSA) is 96.1 Å². The van der Waals surface area contributed by atoms with E-state index >= 15 is 0 Å². The van der Waals surface area contributed by atoms with Crippen LogP contribution in [-0.4, -0.2) is 48.0 Å². The fourth-order valence-corrected chi connectivity index (χ4v) is 5.10. The van der Waals surface area contributed by atoms with E-state index in [0.717, 1.165) is 44.2 Å². The van der Waals surface area contributed by atoms with E-state index in [2.05, 4.69) is 66.5 Å². The predicted molar refractivity (Wildman–Crippen MR) is 172 cm³/mol. The zero-order chi connectivity index (χ0) is 30.5. The molecule has 0 saturated carbocycles. The average molecular weight is 571 g/mol. The van der Waals surface area contributed by atoms with Gasteiger partial charge in [-0.15, -0.1) is 0 Å². The number of nitrogens with zero attached hydrogens (tertiary/aromatic N) is 1. The van der Waals surface area contributed by atoms with E-state index in [-0.39, 0.29) is 28.4 Å². The summed E-state index contributed by atoms with van der Waals surface area (Å²) >= 11 is 0. The summed E-state index contributed by atoms with van der Waals surface area (Å²) in [7, 11) is 0. The fraction of sp³-hybridized carbons (Fsp3) is 0.457. The van der Waals surface area contributed by atoms with Gasteiger partial charge in [0, 0.05) is 81.7 Å². The van der Waals surface area contributed by atoms with Crippen LogP contribution >= 0.6 is 0 Å². The van der Waals surface area contributed by atoms with Crippen LogP contribution in [0.3, 0.4) is 0 Å². The van der Waals surface area contributed by atoms with Gasteiger partial charge in [0.2, 0.25) is 5.91 Å². The van der Waals surface area contributed by atoms with Crippen molar-refractivity contribution in [2.24, 2.45) is 16.7 Å². The lowest BCUT2D eigenvalue weighted by molar-refractivity contribution is -0.121. The zero-order valence-corrected chi connectivity index (χ0v) is 26.2. The van der Waals surface area contributed by atoms with Crippen LogP contribution in [0.15, 0.2) is 54.9 Å². The van der Waals surface area contributed by atoms with Crippen LogP contribution in [0, 0.1) is 23.7 Å². The Bertz CT molecular complexity index is 1550. The number of H-pyrrole nitrogens is 1. The molecule has 1 amide bonds. The second-order valence-corrected chi connectivity index (χ2v) is 13.4.